The average Bonchev–Trinajstić information content (AvgIpc) is 2.36. The Balaban J connectivity index is 2.34. The van der Waals surface area contributed by atoms with E-state index in [-0.39, 0.29) is 11.8 Å². The molecule has 0 aliphatic heterocycles. The van der Waals surface area contributed by atoms with E-state index in [2.05, 4.69) is 0 Å². The lowest BCUT2D eigenvalue weighted by Gasteiger charge is -2.28. The van der Waals surface area contributed by atoms with Crippen molar-refractivity contribution in [2.24, 2.45) is 5.92 Å². The summed E-state index contributed by atoms with van der Waals surface area (Å²) in [5, 5.41) is 9.14. The number of carbonyl (C=O) groups is 1. The highest BCUT2D eigenvalue weighted by atomic mass is 16.5. The van der Waals surface area contributed by atoms with Gasteiger partial charge in [0.1, 0.15) is 5.75 Å². The maximum atomic E-state index is 11.1. The van der Waals surface area contributed by atoms with E-state index in [1.807, 2.05) is 18.2 Å². The molecule has 0 bridgehead atoms. The summed E-state index contributed by atoms with van der Waals surface area (Å²) in [6.07, 6.45) is 3.05. The minimum atomic E-state index is -0.710. The molecule has 0 spiro atoms. The van der Waals surface area contributed by atoms with Crippen LogP contribution >= 0.6 is 0 Å². The Bertz CT molecular complexity index is 425. The number of carboxylic acid groups (broad SMARTS) is 1. The number of rotatable bonds is 3. The van der Waals surface area contributed by atoms with Gasteiger partial charge < -0.3 is 9.84 Å². The molecule has 0 fully saturated rings. The molecule has 2 atom stereocenters. The van der Waals surface area contributed by atoms with Crippen LogP contribution in [0.2, 0.25) is 0 Å². The molecule has 1 aromatic rings. The van der Waals surface area contributed by atoms with Crippen molar-refractivity contribution in [1.82, 2.24) is 0 Å². The van der Waals surface area contributed by atoms with Gasteiger partial charge in [0.2, 0.25) is 0 Å². The lowest BCUT2D eigenvalue weighted by molar-refractivity contribution is -0.142. The first-order valence-electron chi connectivity index (χ1n) is 6.03. The molecule has 0 aromatic heterocycles. The van der Waals surface area contributed by atoms with Crippen LogP contribution in [0.1, 0.15) is 36.8 Å². The zero-order valence-corrected chi connectivity index (χ0v) is 10.3. The number of benzene rings is 1. The predicted molar refractivity (Wildman–Crippen MR) is 65.5 cm³/mol. The smallest absolute Gasteiger partial charge is 0.306 e. The van der Waals surface area contributed by atoms with E-state index in [1.54, 1.807) is 14.0 Å². The molecule has 1 N–H and O–H groups in total. The third-order valence-corrected chi connectivity index (χ3v) is 3.70. The number of aliphatic carboxylic acids is 1. The normalized spacial score (nSPS) is 20.5. The zero-order valence-electron chi connectivity index (χ0n) is 10.3. The van der Waals surface area contributed by atoms with Crippen LogP contribution in [0.3, 0.4) is 0 Å². The van der Waals surface area contributed by atoms with Crippen LogP contribution in [0.15, 0.2) is 18.2 Å². The molecule has 0 saturated carbocycles. The van der Waals surface area contributed by atoms with Gasteiger partial charge in [0.15, 0.2) is 0 Å². The number of hydrogen-bond donors (Lipinski definition) is 1. The van der Waals surface area contributed by atoms with Crippen LogP contribution in [0, 0.1) is 5.92 Å². The van der Waals surface area contributed by atoms with Crippen molar-refractivity contribution in [3.05, 3.63) is 29.3 Å². The summed E-state index contributed by atoms with van der Waals surface area (Å²) in [5.41, 5.74) is 2.43. The van der Waals surface area contributed by atoms with E-state index in [4.69, 9.17) is 9.84 Å². The lowest BCUT2D eigenvalue weighted by Crippen LogP contribution is -2.22. The van der Waals surface area contributed by atoms with Crippen molar-refractivity contribution in [2.45, 2.75) is 32.1 Å². The van der Waals surface area contributed by atoms with Crippen molar-refractivity contribution in [2.75, 3.05) is 7.11 Å². The van der Waals surface area contributed by atoms with Crippen LogP contribution in [0.5, 0.6) is 5.75 Å². The summed E-state index contributed by atoms with van der Waals surface area (Å²) in [7, 11) is 1.65. The van der Waals surface area contributed by atoms with E-state index in [0.717, 1.165) is 25.0 Å². The summed E-state index contributed by atoms with van der Waals surface area (Å²) >= 11 is 0. The van der Waals surface area contributed by atoms with Crippen molar-refractivity contribution in [3.63, 3.8) is 0 Å². The number of carboxylic acids is 1. The molecule has 17 heavy (non-hydrogen) atoms. The maximum absolute atomic E-state index is 11.1. The summed E-state index contributed by atoms with van der Waals surface area (Å²) in [6, 6.07) is 5.99. The van der Waals surface area contributed by atoms with Crippen LogP contribution in [-0.4, -0.2) is 18.2 Å². The van der Waals surface area contributed by atoms with Gasteiger partial charge in [-0.15, -0.1) is 0 Å². The molecule has 3 nitrogen and oxygen atoms in total. The van der Waals surface area contributed by atoms with Gasteiger partial charge in [-0.25, -0.2) is 0 Å². The van der Waals surface area contributed by atoms with Crippen LogP contribution in [0.4, 0.5) is 0 Å². The number of fused-ring (bicyclic) bond motifs is 1. The van der Waals surface area contributed by atoms with Crippen LogP contribution in [-0.2, 0) is 11.2 Å². The van der Waals surface area contributed by atoms with Gasteiger partial charge >= 0.3 is 5.97 Å². The summed E-state index contributed by atoms with van der Waals surface area (Å²) in [5.74, 6) is -0.0318. The summed E-state index contributed by atoms with van der Waals surface area (Å²) < 4.78 is 5.21. The fourth-order valence-corrected chi connectivity index (χ4v) is 2.65. The molecule has 1 aliphatic rings. The first-order valence-corrected chi connectivity index (χ1v) is 6.03. The van der Waals surface area contributed by atoms with Crippen molar-refractivity contribution < 1.29 is 14.6 Å². The second-order valence-corrected chi connectivity index (χ2v) is 4.69. The molecular weight excluding hydrogens is 216 g/mol. The summed E-state index contributed by atoms with van der Waals surface area (Å²) in [4.78, 5) is 11.1. The highest BCUT2D eigenvalue weighted by Gasteiger charge is 2.29. The maximum Gasteiger partial charge on any atom is 0.306 e. The minimum absolute atomic E-state index is 0.141. The average molecular weight is 234 g/mol. The Kier molecular flexibility index (Phi) is 3.36. The van der Waals surface area contributed by atoms with Gasteiger partial charge in [-0.05, 0) is 48.4 Å². The molecule has 1 aromatic carbocycles. The second kappa shape index (κ2) is 4.78. The van der Waals surface area contributed by atoms with Crippen molar-refractivity contribution in [1.29, 1.82) is 0 Å². The Labute approximate surface area is 101 Å². The van der Waals surface area contributed by atoms with Gasteiger partial charge in [-0.1, -0.05) is 13.0 Å². The third-order valence-electron chi connectivity index (χ3n) is 3.70. The molecule has 92 valence electrons. The van der Waals surface area contributed by atoms with Gasteiger partial charge in [0.25, 0.3) is 0 Å². The van der Waals surface area contributed by atoms with Crippen LogP contribution in [0.25, 0.3) is 0 Å². The lowest BCUT2D eigenvalue weighted by atomic mass is 9.76. The van der Waals surface area contributed by atoms with E-state index in [1.165, 1.54) is 11.1 Å². The first kappa shape index (κ1) is 12.0. The van der Waals surface area contributed by atoms with Gasteiger partial charge in [0, 0.05) is 0 Å². The highest BCUT2D eigenvalue weighted by Crippen LogP contribution is 2.38. The van der Waals surface area contributed by atoms with Crippen LogP contribution < -0.4 is 4.74 Å². The Hall–Kier alpha value is -1.51. The molecule has 3 heteroatoms. The van der Waals surface area contributed by atoms with E-state index in [0.29, 0.717) is 0 Å². The topological polar surface area (TPSA) is 46.5 Å². The van der Waals surface area contributed by atoms with Gasteiger partial charge in [0.05, 0.1) is 13.0 Å². The number of aryl methyl sites for hydroxylation is 1. The summed E-state index contributed by atoms with van der Waals surface area (Å²) in [6.45, 7) is 1.80. The number of methoxy groups -OCH3 is 1. The van der Waals surface area contributed by atoms with Crippen molar-refractivity contribution >= 4 is 5.97 Å². The Morgan fingerprint density at radius 3 is 2.94 bits per heavy atom. The van der Waals surface area contributed by atoms with Gasteiger partial charge in [-0.3, -0.25) is 4.79 Å². The standard InChI is InChI=1S/C14H18O3/c1-9(14(15)16)12-5-3-4-10-8-11(17-2)6-7-13(10)12/h6-9,12H,3-5H2,1-2H3,(H,15,16)/t9-,12+/m0/s1. The predicted octanol–water partition coefficient (Wildman–Crippen LogP) is 2.84. The van der Waals surface area contributed by atoms with Gasteiger partial charge in [-0.2, -0.15) is 0 Å². The Morgan fingerprint density at radius 1 is 1.53 bits per heavy atom. The third kappa shape index (κ3) is 2.28. The largest absolute Gasteiger partial charge is 0.497 e. The monoisotopic (exact) mass is 234 g/mol. The van der Waals surface area contributed by atoms with Crippen molar-refractivity contribution in [3.8, 4) is 5.75 Å². The molecule has 0 radical (unpaired) electrons. The fraction of sp³-hybridized carbons (Fsp3) is 0.500. The number of ether oxygens (including phenoxy) is 1. The minimum Gasteiger partial charge on any atom is -0.497 e. The van der Waals surface area contributed by atoms with E-state index >= 15 is 0 Å². The molecule has 1 aliphatic carbocycles. The fourth-order valence-electron chi connectivity index (χ4n) is 2.65. The van der Waals surface area contributed by atoms with E-state index in [9.17, 15) is 4.79 Å². The molecule has 0 saturated heterocycles. The zero-order chi connectivity index (χ0) is 12.4. The van der Waals surface area contributed by atoms with E-state index < -0.39 is 5.97 Å². The molecule has 0 unspecified atom stereocenters. The number of hydrogen-bond acceptors (Lipinski definition) is 2. The Morgan fingerprint density at radius 2 is 2.29 bits per heavy atom. The molecule has 2 rings (SSSR count). The highest BCUT2D eigenvalue weighted by molar-refractivity contribution is 5.71. The second-order valence-electron chi connectivity index (χ2n) is 4.69. The first-order chi connectivity index (χ1) is 8.13. The molecule has 0 amide bonds. The molecular formula is C14H18O3. The SMILES string of the molecule is COc1ccc2c(c1)CCC[C@@H]2[C@H](C)C(=O)O. The quantitative estimate of drug-likeness (QED) is 0.874. The molecule has 0 heterocycles.